The van der Waals surface area contributed by atoms with E-state index < -0.39 is 0 Å². The number of rotatable bonds is 4. The molecule has 0 atom stereocenters. The Morgan fingerprint density at radius 1 is 1.11 bits per heavy atom. The summed E-state index contributed by atoms with van der Waals surface area (Å²) in [6, 6.07) is 11.5. The van der Waals surface area contributed by atoms with Crippen LogP contribution >= 0.6 is 0 Å². The van der Waals surface area contributed by atoms with Crippen LogP contribution in [0.1, 0.15) is 24.0 Å². The number of nitrogens with one attached hydrogen (secondary N) is 1. The molecule has 1 aromatic heterocycles. The van der Waals surface area contributed by atoms with Gasteiger partial charge in [0.25, 0.3) is 0 Å². The molecule has 148 valence electrons. The predicted molar refractivity (Wildman–Crippen MR) is 107 cm³/mol. The normalized spacial score (nSPS) is 18.2. The fourth-order valence-electron chi connectivity index (χ4n) is 4.10. The van der Waals surface area contributed by atoms with Crippen molar-refractivity contribution in [2.75, 3.05) is 32.8 Å². The molecule has 3 heterocycles. The van der Waals surface area contributed by atoms with E-state index in [2.05, 4.69) is 16.0 Å². The molecule has 0 bridgehead atoms. The van der Waals surface area contributed by atoms with Crippen LogP contribution in [-0.4, -0.2) is 53.5 Å². The quantitative estimate of drug-likeness (QED) is 0.880. The molecule has 2 aliphatic heterocycles. The zero-order chi connectivity index (χ0) is 19.3. The summed E-state index contributed by atoms with van der Waals surface area (Å²) >= 11 is 0. The Morgan fingerprint density at radius 2 is 1.93 bits per heavy atom. The van der Waals surface area contributed by atoms with E-state index in [1.165, 1.54) is 0 Å². The van der Waals surface area contributed by atoms with Crippen molar-refractivity contribution in [3.63, 3.8) is 0 Å². The Morgan fingerprint density at radius 3 is 2.71 bits per heavy atom. The average Bonchev–Trinajstić information content (AvgIpc) is 2.92. The summed E-state index contributed by atoms with van der Waals surface area (Å²) in [5.74, 6) is 1.70. The number of H-pyrrole nitrogens is 1. The number of piperidine rings is 1. The van der Waals surface area contributed by atoms with Gasteiger partial charge in [-0.05, 0) is 36.8 Å². The summed E-state index contributed by atoms with van der Waals surface area (Å²) in [6.07, 6.45) is 4.78. The number of ether oxygens (including phenoxy) is 1. The average molecular weight is 381 g/mol. The number of carbonyl (C=O) groups is 1. The molecule has 4 rings (SSSR count). The summed E-state index contributed by atoms with van der Waals surface area (Å²) in [6.45, 7) is 4.21. The smallest absolute Gasteiger partial charge is 0.247 e. The molecule has 1 amide bonds. The van der Waals surface area contributed by atoms with Crippen LogP contribution in [0.5, 0.6) is 5.75 Å². The minimum atomic E-state index is -0.0642. The number of aromatic amines is 1. The number of benzene rings is 1. The highest BCUT2D eigenvalue weighted by Gasteiger charge is 2.25. The van der Waals surface area contributed by atoms with Crippen molar-refractivity contribution in [2.24, 2.45) is 5.92 Å². The van der Waals surface area contributed by atoms with Gasteiger partial charge in [0, 0.05) is 44.0 Å². The predicted octanol–water partition coefficient (Wildman–Crippen LogP) is 2.05. The number of likely N-dealkylation sites (tertiary alicyclic amines) is 1. The van der Waals surface area contributed by atoms with E-state index in [1.54, 1.807) is 12.3 Å². The number of pyridine rings is 1. The number of amides is 1. The first kappa shape index (κ1) is 18.7. The fourth-order valence-corrected chi connectivity index (χ4v) is 4.10. The highest BCUT2D eigenvalue weighted by Crippen LogP contribution is 2.24. The summed E-state index contributed by atoms with van der Waals surface area (Å²) in [5, 5.41) is 0. The van der Waals surface area contributed by atoms with Gasteiger partial charge in [-0.15, -0.1) is 0 Å². The largest absolute Gasteiger partial charge is 0.492 e. The Kier molecular flexibility index (Phi) is 5.76. The molecule has 0 spiro atoms. The van der Waals surface area contributed by atoms with Crippen molar-refractivity contribution < 1.29 is 9.53 Å². The van der Waals surface area contributed by atoms with Crippen molar-refractivity contribution in [1.29, 1.82) is 0 Å². The number of fused-ring (bicyclic) bond motifs is 1. The standard InChI is InChI=1S/C22H27N3O3/c26-21-6-5-18(14-23-21)13-17-7-9-25(10-8-17)22(27)16-24-11-12-28-20-4-2-1-3-19(20)15-24/h1-6,14,17H,7-13,15-16H2,(H,23,26). The van der Waals surface area contributed by atoms with Crippen LogP contribution in [0.15, 0.2) is 47.4 Å². The minimum Gasteiger partial charge on any atom is -0.492 e. The molecule has 6 nitrogen and oxygen atoms in total. The monoisotopic (exact) mass is 381 g/mol. The van der Waals surface area contributed by atoms with Gasteiger partial charge in [0.1, 0.15) is 12.4 Å². The van der Waals surface area contributed by atoms with Crippen molar-refractivity contribution in [1.82, 2.24) is 14.8 Å². The van der Waals surface area contributed by atoms with E-state index in [1.807, 2.05) is 29.2 Å². The van der Waals surface area contributed by atoms with Gasteiger partial charge in [0.05, 0.1) is 6.54 Å². The summed E-state index contributed by atoms with van der Waals surface area (Å²) in [5.41, 5.74) is 2.24. The lowest BCUT2D eigenvalue weighted by Crippen LogP contribution is -2.44. The highest BCUT2D eigenvalue weighted by atomic mass is 16.5. The third kappa shape index (κ3) is 4.62. The Bertz CT molecular complexity index is 851. The molecule has 1 N–H and O–H groups in total. The molecule has 28 heavy (non-hydrogen) atoms. The molecule has 0 radical (unpaired) electrons. The number of hydrogen-bond donors (Lipinski definition) is 1. The van der Waals surface area contributed by atoms with Crippen molar-refractivity contribution >= 4 is 5.91 Å². The maximum absolute atomic E-state index is 12.8. The number of para-hydroxylation sites is 1. The second kappa shape index (κ2) is 8.61. The summed E-state index contributed by atoms with van der Waals surface area (Å²) < 4.78 is 5.80. The van der Waals surface area contributed by atoms with E-state index in [9.17, 15) is 9.59 Å². The topological polar surface area (TPSA) is 65.6 Å². The van der Waals surface area contributed by atoms with Crippen LogP contribution in [0, 0.1) is 5.92 Å². The van der Waals surface area contributed by atoms with Crippen molar-refractivity contribution in [2.45, 2.75) is 25.8 Å². The Labute approximate surface area is 165 Å². The van der Waals surface area contributed by atoms with Crippen LogP contribution in [-0.2, 0) is 17.8 Å². The van der Waals surface area contributed by atoms with Crippen LogP contribution in [0.25, 0.3) is 0 Å². The van der Waals surface area contributed by atoms with Gasteiger partial charge in [-0.25, -0.2) is 0 Å². The third-order valence-corrected chi connectivity index (χ3v) is 5.73. The van der Waals surface area contributed by atoms with E-state index in [0.717, 1.165) is 62.3 Å². The van der Waals surface area contributed by atoms with Crippen molar-refractivity contribution in [3.05, 3.63) is 64.1 Å². The summed E-state index contributed by atoms with van der Waals surface area (Å²) in [4.78, 5) is 30.9. The number of nitrogens with zero attached hydrogens (tertiary/aromatic N) is 2. The zero-order valence-electron chi connectivity index (χ0n) is 16.1. The van der Waals surface area contributed by atoms with E-state index in [4.69, 9.17) is 4.74 Å². The maximum Gasteiger partial charge on any atom is 0.247 e. The second-order valence-electron chi connectivity index (χ2n) is 7.76. The molecule has 0 saturated carbocycles. The maximum atomic E-state index is 12.8. The van der Waals surface area contributed by atoms with Gasteiger partial charge in [0.2, 0.25) is 11.5 Å². The Hall–Kier alpha value is -2.60. The van der Waals surface area contributed by atoms with Gasteiger partial charge in [-0.1, -0.05) is 24.3 Å². The van der Waals surface area contributed by atoms with Crippen LogP contribution < -0.4 is 10.3 Å². The molecule has 2 aromatic rings. The Balaban J connectivity index is 1.27. The van der Waals surface area contributed by atoms with Gasteiger partial charge in [-0.2, -0.15) is 0 Å². The van der Waals surface area contributed by atoms with E-state index in [0.29, 0.717) is 19.1 Å². The van der Waals surface area contributed by atoms with Crippen molar-refractivity contribution in [3.8, 4) is 5.75 Å². The molecular formula is C22H27N3O3. The molecule has 0 unspecified atom stereocenters. The molecule has 6 heteroatoms. The highest BCUT2D eigenvalue weighted by molar-refractivity contribution is 5.78. The number of carbonyl (C=O) groups excluding carboxylic acids is 1. The zero-order valence-corrected chi connectivity index (χ0v) is 16.1. The molecule has 1 fully saturated rings. The summed E-state index contributed by atoms with van der Waals surface area (Å²) in [7, 11) is 0. The lowest BCUT2D eigenvalue weighted by Gasteiger charge is -2.33. The first-order valence-electron chi connectivity index (χ1n) is 10.1. The van der Waals surface area contributed by atoms with E-state index in [-0.39, 0.29) is 11.5 Å². The molecule has 1 aromatic carbocycles. The van der Waals surface area contributed by atoms with Gasteiger partial charge < -0.3 is 14.6 Å². The third-order valence-electron chi connectivity index (χ3n) is 5.73. The number of aromatic nitrogens is 1. The van der Waals surface area contributed by atoms with Gasteiger partial charge in [-0.3, -0.25) is 14.5 Å². The second-order valence-corrected chi connectivity index (χ2v) is 7.76. The fraction of sp³-hybridized carbons (Fsp3) is 0.455. The van der Waals surface area contributed by atoms with Crippen LogP contribution in [0.3, 0.4) is 0 Å². The lowest BCUT2D eigenvalue weighted by atomic mass is 9.90. The first-order chi connectivity index (χ1) is 13.7. The number of hydrogen-bond acceptors (Lipinski definition) is 4. The lowest BCUT2D eigenvalue weighted by molar-refractivity contribution is -0.134. The molecule has 2 aliphatic rings. The van der Waals surface area contributed by atoms with Gasteiger partial charge in [0.15, 0.2) is 0 Å². The first-order valence-corrected chi connectivity index (χ1v) is 10.1. The molecule has 1 saturated heterocycles. The minimum absolute atomic E-state index is 0.0642. The van der Waals surface area contributed by atoms with Crippen LogP contribution in [0.4, 0.5) is 0 Å². The molecular weight excluding hydrogens is 354 g/mol. The van der Waals surface area contributed by atoms with E-state index >= 15 is 0 Å². The molecule has 0 aliphatic carbocycles. The van der Waals surface area contributed by atoms with Gasteiger partial charge >= 0.3 is 0 Å². The van der Waals surface area contributed by atoms with Crippen LogP contribution in [0.2, 0.25) is 0 Å². The SMILES string of the molecule is O=C(CN1CCOc2ccccc2C1)N1CCC(Cc2ccc(=O)[nH]c2)CC1.